The predicted molar refractivity (Wildman–Crippen MR) is 88.1 cm³/mol. The molecule has 0 saturated carbocycles. The Morgan fingerprint density at radius 1 is 0.880 bits per heavy atom. The summed E-state index contributed by atoms with van der Waals surface area (Å²) in [5.74, 6) is -1.03. The molecule has 1 aliphatic heterocycles. The summed E-state index contributed by atoms with van der Waals surface area (Å²) in [4.78, 5) is 34.4. The minimum Gasteiger partial charge on any atom is -0.269 e. The van der Waals surface area contributed by atoms with Crippen molar-refractivity contribution >= 4 is 11.8 Å². The summed E-state index contributed by atoms with van der Waals surface area (Å²) in [6.45, 7) is 0.0293. The molecule has 0 aliphatic carbocycles. The molecule has 0 N–H and O–H groups in total. The summed E-state index contributed by atoms with van der Waals surface area (Å²) in [6, 6.07) is 12.6. The van der Waals surface area contributed by atoms with Gasteiger partial charge < -0.3 is 0 Å². The monoisotopic (exact) mass is 333 g/mol. The molecule has 6 heteroatoms. The molecule has 2 heterocycles. The van der Waals surface area contributed by atoms with E-state index in [4.69, 9.17) is 0 Å². The van der Waals surface area contributed by atoms with E-state index in [2.05, 4.69) is 9.97 Å². The Hall–Kier alpha value is -3.41. The van der Waals surface area contributed by atoms with Gasteiger partial charge in [-0.25, -0.2) is 14.4 Å². The van der Waals surface area contributed by atoms with Gasteiger partial charge in [0, 0.05) is 11.8 Å². The Balaban J connectivity index is 1.70. The van der Waals surface area contributed by atoms with Crippen molar-refractivity contribution in [3.05, 3.63) is 83.7 Å². The third-order valence-electron chi connectivity index (χ3n) is 4.14. The Morgan fingerprint density at radius 3 is 2.16 bits per heavy atom. The Labute approximate surface area is 142 Å². The number of halogens is 1. The van der Waals surface area contributed by atoms with E-state index in [1.165, 1.54) is 23.4 Å². The van der Waals surface area contributed by atoms with Crippen LogP contribution >= 0.6 is 0 Å². The van der Waals surface area contributed by atoms with Gasteiger partial charge in [-0.15, -0.1) is 0 Å². The molecule has 25 heavy (non-hydrogen) atoms. The lowest BCUT2D eigenvalue weighted by Crippen LogP contribution is -2.29. The second kappa shape index (κ2) is 5.90. The highest BCUT2D eigenvalue weighted by atomic mass is 19.1. The van der Waals surface area contributed by atoms with E-state index in [1.54, 1.807) is 42.6 Å². The van der Waals surface area contributed by atoms with E-state index in [0.29, 0.717) is 27.9 Å². The van der Waals surface area contributed by atoms with Crippen molar-refractivity contribution < 1.29 is 14.0 Å². The van der Waals surface area contributed by atoms with E-state index in [0.717, 1.165) is 0 Å². The second-order valence-electron chi connectivity index (χ2n) is 5.63. The summed E-state index contributed by atoms with van der Waals surface area (Å²) in [5.41, 5.74) is 2.68. The molecule has 0 saturated heterocycles. The maximum absolute atomic E-state index is 13.2. The summed E-state index contributed by atoms with van der Waals surface area (Å²) in [5, 5.41) is 0. The second-order valence-corrected chi connectivity index (χ2v) is 5.63. The molecule has 2 aromatic carbocycles. The van der Waals surface area contributed by atoms with Crippen LogP contribution in [0.4, 0.5) is 4.39 Å². The molecule has 1 aromatic heterocycles. The fourth-order valence-corrected chi connectivity index (χ4v) is 2.88. The van der Waals surface area contributed by atoms with Crippen molar-refractivity contribution in [2.75, 3.05) is 0 Å². The van der Waals surface area contributed by atoms with Crippen molar-refractivity contribution in [2.24, 2.45) is 0 Å². The zero-order valence-electron chi connectivity index (χ0n) is 13.0. The molecule has 2 amide bonds. The first kappa shape index (κ1) is 15.1. The SMILES string of the molecule is O=C1c2ccccc2C(=O)N1Cc1ncncc1-c1ccc(F)cc1. The quantitative estimate of drug-likeness (QED) is 0.691. The van der Waals surface area contributed by atoms with Crippen LogP contribution in [0, 0.1) is 5.82 Å². The molecular weight excluding hydrogens is 321 g/mol. The van der Waals surface area contributed by atoms with E-state index in [1.807, 2.05) is 0 Å². The van der Waals surface area contributed by atoms with Gasteiger partial charge in [0.1, 0.15) is 12.1 Å². The third kappa shape index (κ3) is 2.57. The van der Waals surface area contributed by atoms with Crippen molar-refractivity contribution in [2.45, 2.75) is 6.54 Å². The fraction of sp³-hybridized carbons (Fsp3) is 0.0526. The highest BCUT2D eigenvalue weighted by molar-refractivity contribution is 6.21. The summed E-state index contributed by atoms with van der Waals surface area (Å²) in [6.07, 6.45) is 2.95. The number of hydrogen-bond acceptors (Lipinski definition) is 4. The first-order chi connectivity index (χ1) is 12.1. The fourth-order valence-electron chi connectivity index (χ4n) is 2.88. The van der Waals surface area contributed by atoms with Crippen LogP contribution in [0.15, 0.2) is 61.1 Å². The maximum atomic E-state index is 13.2. The lowest BCUT2D eigenvalue weighted by Gasteiger charge is -2.15. The number of rotatable bonds is 3. The Bertz CT molecular complexity index is 951. The molecule has 122 valence electrons. The lowest BCUT2D eigenvalue weighted by atomic mass is 10.1. The van der Waals surface area contributed by atoms with Crippen LogP contribution < -0.4 is 0 Å². The number of benzene rings is 2. The van der Waals surface area contributed by atoms with Crippen LogP contribution in [-0.4, -0.2) is 26.7 Å². The molecule has 0 spiro atoms. The van der Waals surface area contributed by atoms with Crippen molar-refractivity contribution in [3.63, 3.8) is 0 Å². The number of hydrogen-bond donors (Lipinski definition) is 0. The van der Waals surface area contributed by atoms with Crippen LogP contribution in [0.5, 0.6) is 0 Å². The molecule has 0 bridgehead atoms. The van der Waals surface area contributed by atoms with Gasteiger partial charge in [-0.1, -0.05) is 24.3 Å². The highest BCUT2D eigenvalue weighted by Crippen LogP contribution is 2.27. The molecule has 0 unspecified atom stereocenters. The number of carbonyl (C=O) groups excluding carboxylic acids is 2. The minimum atomic E-state index is -0.345. The van der Waals surface area contributed by atoms with Crippen LogP contribution in [0.3, 0.4) is 0 Å². The lowest BCUT2D eigenvalue weighted by molar-refractivity contribution is 0.0640. The van der Waals surface area contributed by atoms with Gasteiger partial charge in [0.25, 0.3) is 11.8 Å². The topological polar surface area (TPSA) is 63.2 Å². The number of aromatic nitrogens is 2. The van der Waals surface area contributed by atoms with Crippen LogP contribution in [0.2, 0.25) is 0 Å². The molecule has 1 aliphatic rings. The molecule has 5 nitrogen and oxygen atoms in total. The van der Waals surface area contributed by atoms with Gasteiger partial charge >= 0.3 is 0 Å². The smallest absolute Gasteiger partial charge is 0.261 e. The summed E-state index contributed by atoms with van der Waals surface area (Å²) < 4.78 is 13.2. The molecule has 3 aromatic rings. The Kier molecular flexibility index (Phi) is 3.57. The van der Waals surface area contributed by atoms with E-state index in [-0.39, 0.29) is 24.2 Å². The number of carbonyl (C=O) groups is 2. The number of imide groups is 1. The normalized spacial score (nSPS) is 13.2. The third-order valence-corrected chi connectivity index (χ3v) is 4.14. The highest BCUT2D eigenvalue weighted by Gasteiger charge is 2.35. The van der Waals surface area contributed by atoms with Crippen LogP contribution in [-0.2, 0) is 6.54 Å². The molecule has 0 atom stereocenters. The van der Waals surface area contributed by atoms with Crippen LogP contribution in [0.1, 0.15) is 26.4 Å². The van der Waals surface area contributed by atoms with Crippen LogP contribution in [0.25, 0.3) is 11.1 Å². The van der Waals surface area contributed by atoms with E-state index < -0.39 is 0 Å². The van der Waals surface area contributed by atoms with Crippen molar-refractivity contribution in [3.8, 4) is 11.1 Å². The first-order valence-corrected chi connectivity index (χ1v) is 7.65. The average Bonchev–Trinajstić information content (AvgIpc) is 2.88. The van der Waals surface area contributed by atoms with Crippen molar-refractivity contribution in [1.29, 1.82) is 0 Å². The minimum absolute atomic E-state index is 0.0293. The van der Waals surface area contributed by atoms with Gasteiger partial charge in [-0.05, 0) is 29.8 Å². The van der Waals surface area contributed by atoms with E-state index >= 15 is 0 Å². The number of amides is 2. The Morgan fingerprint density at radius 2 is 1.52 bits per heavy atom. The van der Waals surface area contributed by atoms with E-state index in [9.17, 15) is 14.0 Å². The summed E-state index contributed by atoms with van der Waals surface area (Å²) >= 11 is 0. The zero-order valence-corrected chi connectivity index (χ0v) is 13.0. The van der Waals surface area contributed by atoms with Gasteiger partial charge in [0.05, 0.1) is 23.4 Å². The van der Waals surface area contributed by atoms with Gasteiger partial charge in [0.2, 0.25) is 0 Å². The molecule has 0 radical (unpaired) electrons. The summed E-state index contributed by atoms with van der Waals surface area (Å²) in [7, 11) is 0. The molecule has 0 fully saturated rings. The standard InChI is InChI=1S/C19H12FN3O2/c20-13-7-5-12(6-8-13)16-9-21-11-22-17(16)10-23-18(24)14-3-1-2-4-15(14)19(23)25/h1-9,11H,10H2. The largest absolute Gasteiger partial charge is 0.269 e. The average molecular weight is 333 g/mol. The maximum Gasteiger partial charge on any atom is 0.261 e. The first-order valence-electron chi connectivity index (χ1n) is 7.65. The van der Waals surface area contributed by atoms with Gasteiger partial charge in [-0.2, -0.15) is 0 Å². The number of nitrogens with zero attached hydrogens (tertiary/aromatic N) is 3. The molecular formula is C19H12FN3O2. The number of fused-ring (bicyclic) bond motifs is 1. The molecule has 4 rings (SSSR count). The van der Waals surface area contributed by atoms with Gasteiger partial charge in [0.15, 0.2) is 0 Å². The predicted octanol–water partition coefficient (Wildman–Crippen LogP) is 3.08. The van der Waals surface area contributed by atoms with Crippen molar-refractivity contribution in [1.82, 2.24) is 14.9 Å². The van der Waals surface area contributed by atoms with Gasteiger partial charge in [-0.3, -0.25) is 14.5 Å². The zero-order chi connectivity index (χ0) is 17.4.